The Bertz CT molecular complexity index is 877. The van der Waals surface area contributed by atoms with E-state index in [0.717, 1.165) is 24.3 Å². The number of benzene rings is 2. The van der Waals surface area contributed by atoms with Gasteiger partial charge in [-0.1, -0.05) is 36.4 Å². The van der Waals surface area contributed by atoms with Crippen molar-refractivity contribution < 1.29 is 4.79 Å². The van der Waals surface area contributed by atoms with Gasteiger partial charge in [-0.3, -0.25) is 9.69 Å². The summed E-state index contributed by atoms with van der Waals surface area (Å²) < 4.78 is 1.76. The number of hydrogen-bond donors (Lipinski definition) is 0. The van der Waals surface area contributed by atoms with Gasteiger partial charge in [0.25, 0.3) is 0 Å². The van der Waals surface area contributed by atoms with E-state index in [2.05, 4.69) is 10.1 Å². The molecule has 2 heterocycles. The first-order chi connectivity index (χ1) is 12.7. The lowest BCUT2D eigenvalue weighted by Crippen LogP contribution is -2.39. The largest absolute Gasteiger partial charge is 0.311 e. The van der Waals surface area contributed by atoms with E-state index < -0.39 is 0 Å². The zero-order valence-corrected chi connectivity index (χ0v) is 14.7. The minimum absolute atomic E-state index is 0.140. The van der Waals surface area contributed by atoms with Gasteiger partial charge in [0, 0.05) is 12.2 Å². The number of carbonyl (C=O) groups is 1. The predicted molar refractivity (Wildman–Crippen MR) is 100 cm³/mol. The van der Waals surface area contributed by atoms with Crippen LogP contribution in [0.15, 0.2) is 67.0 Å². The van der Waals surface area contributed by atoms with Crippen LogP contribution >= 0.6 is 0 Å². The number of likely N-dealkylation sites (N-methyl/N-ethyl adjacent to an activating group) is 1. The SMILES string of the molecule is CN(Cc1ncn(-c2ccccc2)n1)[C@H]1CCN(c2ccccc2)C1=O. The van der Waals surface area contributed by atoms with Crippen molar-refractivity contribution in [3.8, 4) is 5.69 Å². The van der Waals surface area contributed by atoms with E-state index in [1.807, 2.05) is 77.5 Å². The Morgan fingerprint density at radius 2 is 1.69 bits per heavy atom. The van der Waals surface area contributed by atoms with E-state index in [-0.39, 0.29) is 11.9 Å². The molecule has 4 rings (SSSR count). The average molecular weight is 347 g/mol. The summed E-state index contributed by atoms with van der Waals surface area (Å²) in [6, 6.07) is 19.6. The van der Waals surface area contributed by atoms with Crippen LogP contribution in [0.2, 0.25) is 0 Å². The van der Waals surface area contributed by atoms with Crippen molar-refractivity contribution in [1.82, 2.24) is 19.7 Å². The number of para-hydroxylation sites is 2. The third-order valence-corrected chi connectivity index (χ3v) is 4.73. The summed E-state index contributed by atoms with van der Waals surface area (Å²) in [5, 5.41) is 4.53. The lowest BCUT2D eigenvalue weighted by atomic mass is 10.2. The van der Waals surface area contributed by atoms with E-state index in [9.17, 15) is 4.79 Å². The van der Waals surface area contributed by atoms with E-state index in [1.54, 1.807) is 11.0 Å². The Labute approximate surface area is 152 Å². The number of anilines is 1. The lowest BCUT2D eigenvalue weighted by molar-refractivity contribution is -0.121. The molecule has 1 aliphatic rings. The first-order valence-corrected chi connectivity index (χ1v) is 8.75. The summed E-state index contributed by atoms with van der Waals surface area (Å²) in [4.78, 5) is 21.1. The topological polar surface area (TPSA) is 54.3 Å². The summed E-state index contributed by atoms with van der Waals surface area (Å²) in [5.74, 6) is 0.850. The second-order valence-electron chi connectivity index (χ2n) is 6.49. The van der Waals surface area contributed by atoms with Crippen LogP contribution in [0.4, 0.5) is 5.69 Å². The summed E-state index contributed by atoms with van der Waals surface area (Å²) in [7, 11) is 1.96. The second-order valence-corrected chi connectivity index (χ2v) is 6.49. The standard InChI is InChI=1S/C20H21N5O/c1-23(14-19-21-15-25(22-19)17-10-6-3-7-11-17)18-12-13-24(20(18)26)16-8-4-2-5-9-16/h2-11,15,18H,12-14H2,1H3/t18-/m0/s1. The van der Waals surface area contributed by atoms with Gasteiger partial charge in [-0.05, 0) is 37.7 Å². The van der Waals surface area contributed by atoms with Crippen molar-refractivity contribution in [1.29, 1.82) is 0 Å². The molecule has 0 unspecified atom stereocenters. The average Bonchev–Trinajstić information content (AvgIpc) is 3.30. The minimum atomic E-state index is -0.140. The molecule has 0 aliphatic carbocycles. The van der Waals surface area contributed by atoms with Crippen molar-refractivity contribution in [2.45, 2.75) is 19.0 Å². The summed E-state index contributed by atoms with van der Waals surface area (Å²) in [6.07, 6.45) is 2.52. The van der Waals surface area contributed by atoms with E-state index in [0.29, 0.717) is 12.4 Å². The molecule has 6 nitrogen and oxygen atoms in total. The first kappa shape index (κ1) is 16.5. The quantitative estimate of drug-likeness (QED) is 0.712. The Hall–Kier alpha value is -2.99. The van der Waals surface area contributed by atoms with E-state index in [1.165, 1.54) is 0 Å². The van der Waals surface area contributed by atoms with Gasteiger partial charge >= 0.3 is 0 Å². The van der Waals surface area contributed by atoms with Gasteiger partial charge in [0.05, 0.1) is 18.3 Å². The van der Waals surface area contributed by atoms with Crippen molar-refractivity contribution in [3.05, 3.63) is 72.8 Å². The van der Waals surface area contributed by atoms with Crippen LogP contribution in [-0.2, 0) is 11.3 Å². The molecule has 1 atom stereocenters. The van der Waals surface area contributed by atoms with Gasteiger partial charge in [-0.15, -0.1) is 5.10 Å². The van der Waals surface area contributed by atoms with Crippen molar-refractivity contribution in [3.63, 3.8) is 0 Å². The van der Waals surface area contributed by atoms with E-state index >= 15 is 0 Å². The Kier molecular flexibility index (Phi) is 4.50. The van der Waals surface area contributed by atoms with Gasteiger partial charge in [-0.25, -0.2) is 9.67 Å². The van der Waals surface area contributed by atoms with Gasteiger partial charge in [-0.2, -0.15) is 0 Å². The molecule has 6 heteroatoms. The van der Waals surface area contributed by atoms with Crippen molar-refractivity contribution >= 4 is 11.6 Å². The maximum atomic E-state index is 12.8. The summed E-state index contributed by atoms with van der Waals surface area (Å²) in [6.45, 7) is 1.28. The van der Waals surface area contributed by atoms with Gasteiger partial charge in [0.15, 0.2) is 5.82 Å². The number of rotatable bonds is 5. The monoisotopic (exact) mass is 347 g/mol. The van der Waals surface area contributed by atoms with Crippen molar-refractivity contribution in [2.75, 3.05) is 18.5 Å². The molecule has 0 saturated carbocycles. The highest BCUT2D eigenvalue weighted by Crippen LogP contribution is 2.24. The fourth-order valence-corrected chi connectivity index (χ4v) is 3.35. The molecule has 0 bridgehead atoms. The Balaban J connectivity index is 1.43. The van der Waals surface area contributed by atoms with Gasteiger partial charge in [0.1, 0.15) is 6.33 Å². The fraction of sp³-hybridized carbons (Fsp3) is 0.250. The van der Waals surface area contributed by atoms with Crippen LogP contribution in [0.5, 0.6) is 0 Å². The molecule has 0 radical (unpaired) electrons. The zero-order valence-electron chi connectivity index (χ0n) is 14.7. The molecule has 1 amide bonds. The molecule has 1 saturated heterocycles. The normalized spacial score (nSPS) is 17.2. The van der Waals surface area contributed by atoms with Gasteiger partial charge < -0.3 is 4.90 Å². The van der Waals surface area contributed by atoms with Crippen LogP contribution in [-0.4, -0.2) is 45.2 Å². The molecule has 1 aromatic heterocycles. The number of amides is 1. The minimum Gasteiger partial charge on any atom is -0.311 e. The molecule has 2 aromatic carbocycles. The van der Waals surface area contributed by atoms with Gasteiger partial charge in [0.2, 0.25) is 5.91 Å². The highest BCUT2D eigenvalue weighted by molar-refractivity contribution is 5.99. The summed E-state index contributed by atoms with van der Waals surface area (Å²) in [5.41, 5.74) is 1.93. The van der Waals surface area contributed by atoms with Crippen LogP contribution < -0.4 is 4.90 Å². The third-order valence-electron chi connectivity index (χ3n) is 4.73. The molecule has 0 N–H and O–H groups in total. The molecular formula is C20H21N5O. The highest BCUT2D eigenvalue weighted by atomic mass is 16.2. The van der Waals surface area contributed by atoms with Crippen LogP contribution in [0, 0.1) is 0 Å². The lowest BCUT2D eigenvalue weighted by Gasteiger charge is -2.22. The Morgan fingerprint density at radius 1 is 1.04 bits per heavy atom. The second kappa shape index (κ2) is 7.09. The maximum Gasteiger partial charge on any atom is 0.244 e. The number of aromatic nitrogens is 3. The highest BCUT2D eigenvalue weighted by Gasteiger charge is 2.35. The zero-order chi connectivity index (χ0) is 17.9. The molecule has 0 spiro atoms. The smallest absolute Gasteiger partial charge is 0.244 e. The summed E-state index contributed by atoms with van der Waals surface area (Å²) >= 11 is 0. The molecule has 1 fully saturated rings. The maximum absolute atomic E-state index is 12.8. The number of hydrogen-bond acceptors (Lipinski definition) is 4. The molecule has 26 heavy (non-hydrogen) atoms. The molecule has 132 valence electrons. The fourth-order valence-electron chi connectivity index (χ4n) is 3.35. The number of carbonyl (C=O) groups excluding carboxylic acids is 1. The van der Waals surface area contributed by atoms with Crippen molar-refractivity contribution in [2.24, 2.45) is 0 Å². The van der Waals surface area contributed by atoms with Crippen LogP contribution in [0.25, 0.3) is 5.69 Å². The molecule has 3 aromatic rings. The third kappa shape index (κ3) is 3.23. The number of nitrogens with zero attached hydrogens (tertiary/aromatic N) is 5. The molecule has 1 aliphatic heterocycles. The first-order valence-electron chi connectivity index (χ1n) is 8.75. The predicted octanol–water partition coefficient (Wildman–Crippen LogP) is 2.50. The Morgan fingerprint density at radius 3 is 2.38 bits per heavy atom. The van der Waals surface area contributed by atoms with Crippen LogP contribution in [0.3, 0.4) is 0 Å². The molecular weight excluding hydrogens is 326 g/mol. The van der Waals surface area contributed by atoms with Crippen LogP contribution in [0.1, 0.15) is 12.2 Å². The van der Waals surface area contributed by atoms with E-state index in [4.69, 9.17) is 0 Å².